The SMILES string of the molecule is CC(C)N(C)CCNc1c(N)ccc(F)c1F. The number of nitrogens with zero attached hydrogens (tertiary/aromatic N) is 1. The van der Waals surface area contributed by atoms with Crippen molar-refractivity contribution in [2.75, 3.05) is 31.2 Å². The number of nitrogens with one attached hydrogen (secondary N) is 1. The van der Waals surface area contributed by atoms with Gasteiger partial charge in [-0.1, -0.05) is 0 Å². The highest BCUT2D eigenvalue weighted by molar-refractivity contribution is 5.66. The molecule has 0 radical (unpaired) electrons. The second-order valence-corrected chi connectivity index (χ2v) is 4.33. The zero-order chi connectivity index (χ0) is 13.0. The Morgan fingerprint density at radius 2 is 2.00 bits per heavy atom. The van der Waals surface area contributed by atoms with E-state index in [-0.39, 0.29) is 11.4 Å². The second-order valence-electron chi connectivity index (χ2n) is 4.33. The van der Waals surface area contributed by atoms with Crippen molar-refractivity contribution in [2.24, 2.45) is 0 Å². The minimum Gasteiger partial charge on any atom is -0.397 e. The van der Waals surface area contributed by atoms with Crippen molar-refractivity contribution in [1.29, 1.82) is 0 Å². The summed E-state index contributed by atoms with van der Waals surface area (Å²) in [5.41, 5.74) is 5.85. The molecule has 0 aliphatic heterocycles. The van der Waals surface area contributed by atoms with Crippen molar-refractivity contribution in [3.63, 3.8) is 0 Å². The Bertz CT molecular complexity index is 380. The minimum absolute atomic E-state index is 0.0437. The molecule has 0 aliphatic carbocycles. The zero-order valence-corrected chi connectivity index (χ0v) is 10.4. The number of likely N-dealkylation sites (N-methyl/N-ethyl adjacent to an activating group) is 1. The fourth-order valence-electron chi connectivity index (χ4n) is 1.36. The number of nitrogens with two attached hydrogens (primary N) is 1. The Labute approximate surface area is 101 Å². The van der Waals surface area contributed by atoms with E-state index in [1.807, 2.05) is 7.05 Å². The number of hydrogen-bond donors (Lipinski definition) is 2. The van der Waals surface area contributed by atoms with Gasteiger partial charge in [0.25, 0.3) is 0 Å². The van der Waals surface area contributed by atoms with Crippen molar-refractivity contribution in [3.05, 3.63) is 23.8 Å². The van der Waals surface area contributed by atoms with Crippen LogP contribution in [0, 0.1) is 11.6 Å². The Hall–Kier alpha value is -1.36. The van der Waals surface area contributed by atoms with Gasteiger partial charge in [0, 0.05) is 19.1 Å². The van der Waals surface area contributed by atoms with Gasteiger partial charge in [-0.2, -0.15) is 0 Å². The lowest BCUT2D eigenvalue weighted by atomic mass is 10.2. The van der Waals surface area contributed by atoms with Crippen LogP contribution in [0.1, 0.15) is 13.8 Å². The first-order valence-electron chi connectivity index (χ1n) is 5.61. The topological polar surface area (TPSA) is 41.3 Å². The van der Waals surface area contributed by atoms with Crippen LogP contribution in [0.5, 0.6) is 0 Å². The van der Waals surface area contributed by atoms with Gasteiger partial charge in [0.2, 0.25) is 0 Å². The van der Waals surface area contributed by atoms with Crippen molar-refractivity contribution in [3.8, 4) is 0 Å². The monoisotopic (exact) mass is 243 g/mol. The Morgan fingerprint density at radius 1 is 1.35 bits per heavy atom. The number of halogens is 2. The average molecular weight is 243 g/mol. The lowest BCUT2D eigenvalue weighted by Crippen LogP contribution is -2.31. The fraction of sp³-hybridized carbons (Fsp3) is 0.500. The van der Waals surface area contributed by atoms with E-state index in [0.29, 0.717) is 12.6 Å². The van der Waals surface area contributed by atoms with E-state index in [4.69, 9.17) is 5.73 Å². The molecule has 1 aromatic carbocycles. The van der Waals surface area contributed by atoms with Crippen molar-refractivity contribution >= 4 is 11.4 Å². The molecule has 0 aromatic heterocycles. The molecule has 1 rings (SSSR count). The summed E-state index contributed by atoms with van der Waals surface area (Å²) in [5, 5.41) is 2.83. The van der Waals surface area contributed by atoms with Crippen LogP contribution in [0.25, 0.3) is 0 Å². The maximum absolute atomic E-state index is 13.4. The third-order valence-electron chi connectivity index (χ3n) is 2.77. The Kier molecular flexibility index (Phi) is 4.69. The van der Waals surface area contributed by atoms with Gasteiger partial charge < -0.3 is 16.0 Å². The minimum atomic E-state index is -0.919. The van der Waals surface area contributed by atoms with Crippen molar-refractivity contribution < 1.29 is 8.78 Å². The molecule has 0 saturated carbocycles. The van der Waals surface area contributed by atoms with Gasteiger partial charge >= 0.3 is 0 Å². The molecule has 96 valence electrons. The van der Waals surface area contributed by atoms with Gasteiger partial charge in [-0.25, -0.2) is 8.78 Å². The summed E-state index contributed by atoms with van der Waals surface area (Å²) < 4.78 is 26.4. The highest BCUT2D eigenvalue weighted by atomic mass is 19.2. The molecule has 0 heterocycles. The third-order valence-corrected chi connectivity index (χ3v) is 2.77. The lowest BCUT2D eigenvalue weighted by molar-refractivity contribution is 0.284. The third kappa shape index (κ3) is 3.56. The van der Waals surface area contributed by atoms with Gasteiger partial charge in [0.15, 0.2) is 11.6 Å². The summed E-state index contributed by atoms with van der Waals surface area (Å²) in [4.78, 5) is 2.10. The number of anilines is 2. The second kappa shape index (κ2) is 5.82. The largest absolute Gasteiger partial charge is 0.397 e. The normalized spacial score (nSPS) is 11.2. The first kappa shape index (κ1) is 13.7. The van der Waals surface area contributed by atoms with Gasteiger partial charge in [-0.05, 0) is 33.0 Å². The van der Waals surface area contributed by atoms with E-state index in [1.54, 1.807) is 0 Å². The predicted octanol–water partition coefficient (Wildman–Crippen LogP) is 2.30. The Morgan fingerprint density at radius 3 is 2.59 bits per heavy atom. The number of hydrogen-bond acceptors (Lipinski definition) is 3. The molecule has 0 saturated heterocycles. The molecule has 0 bridgehead atoms. The van der Waals surface area contributed by atoms with E-state index >= 15 is 0 Å². The van der Waals surface area contributed by atoms with Crippen LogP contribution in [0.3, 0.4) is 0 Å². The summed E-state index contributed by atoms with van der Waals surface area (Å²) in [6, 6.07) is 2.79. The summed E-state index contributed by atoms with van der Waals surface area (Å²) >= 11 is 0. The number of benzene rings is 1. The van der Waals surface area contributed by atoms with E-state index < -0.39 is 11.6 Å². The summed E-state index contributed by atoms with van der Waals surface area (Å²) in [5.74, 6) is -1.81. The van der Waals surface area contributed by atoms with Gasteiger partial charge in [-0.3, -0.25) is 0 Å². The van der Waals surface area contributed by atoms with Crippen LogP contribution in [-0.2, 0) is 0 Å². The molecule has 0 amide bonds. The Balaban J connectivity index is 2.61. The standard InChI is InChI=1S/C12H19F2N3/c1-8(2)17(3)7-6-16-12-10(15)5-4-9(13)11(12)14/h4-5,8,16H,6-7,15H2,1-3H3. The van der Waals surface area contributed by atoms with Crippen LogP contribution in [0.2, 0.25) is 0 Å². The molecule has 17 heavy (non-hydrogen) atoms. The van der Waals surface area contributed by atoms with Crippen LogP contribution in [0.4, 0.5) is 20.2 Å². The quantitative estimate of drug-likeness (QED) is 0.780. The highest BCUT2D eigenvalue weighted by Crippen LogP contribution is 2.24. The van der Waals surface area contributed by atoms with Crippen molar-refractivity contribution in [2.45, 2.75) is 19.9 Å². The average Bonchev–Trinajstić information content (AvgIpc) is 2.28. The van der Waals surface area contributed by atoms with Crippen molar-refractivity contribution in [1.82, 2.24) is 4.90 Å². The molecular formula is C12H19F2N3. The van der Waals surface area contributed by atoms with Crippen LogP contribution < -0.4 is 11.1 Å². The predicted molar refractivity (Wildman–Crippen MR) is 67.0 cm³/mol. The van der Waals surface area contributed by atoms with E-state index in [9.17, 15) is 8.78 Å². The first-order valence-corrected chi connectivity index (χ1v) is 5.61. The number of rotatable bonds is 5. The molecule has 1 aromatic rings. The van der Waals surface area contributed by atoms with Gasteiger partial charge in [0.05, 0.1) is 11.4 Å². The highest BCUT2D eigenvalue weighted by Gasteiger charge is 2.11. The fourth-order valence-corrected chi connectivity index (χ4v) is 1.36. The molecule has 3 N–H and O–H groups in total. The lowest BCUT2D eigenvalue weighted by Gasteiger charge is -2.21. The van der Waals surface area contributed by atoms with Crippen LogP contribution in [-0.4, -0.2) is 31.1 Å². The molecule has 3 nitrogen and oxygen atoms in total. The van der Waals surface area contributed by atoms with E-state index in [2.05, 4.69) is 24.1 Å². The molecule has 0 fully saturated rings. The molecule has 0 spiro atoms. The molecular weight excluding hydrogens is 224 g/mol. The van der Waals surface area contributed by atoms with Gasteiger partial charge in [0.1, 0.15) is 0 Å². The maximum Gasteiger partial charge on any atom is 0.183 e. The molecule has 5 heteroatoms. The van der Waals surface area contributed by atoms with E-state index in [1.165, 1.54) is 6.07 Å². The number of nitrogen functional groups attached to an aromatic ring is 1. The molecule has 0 aliphatic rings. The maximum atomic E-state index is 13.4. The molecule has 0 atom stereocenters. The first-order chi connectivity index (χ1) is 7.93. The molecule has 0 unspecified atom stereocenters. The van der Waals surface area contributed by atoms with E-state index in [0.717, 1.165) is 12.6 Å². The smallest absolute Gasteiger partial charge is 0.183 e. The van der Waals surface area contributed by atoms with Crippen LogP contribution in [0.15, 0.2) is 12.1 Å². The summed E-state index contributed by atoms with van der Waals surface area (Å²) in [6.07, 6.45) is 0. The van der Waals surface area contributed by atoms with Crippen LogP contribution >= 0.6 is 0 Å². The van der Waals surface area contributed by atoms with Gasteiger partial charge in [-0.15, -0.1) is 0 Å². The summed E-state index contributed by atoms with van der Waals surface area (Å²) in [7, 11) is 1.97. The summed E-state index contributed by atoms with van der Waals surface area (Å²) in [6.45, 7) is 5.38. The zero-order valence-electron chi connectivity index (χ0n) is 10.4.